The number of thiophene rings is 1. The standard InChI is InChI=1S/C17H23NO3S2/c1-14(2)13-23(19,20)18(12-17-8-5-9-22-17)11-15-6-4-7-16(10-15)21-3/h4-10,14H,11-13H2,1-3H3. The summed E-state index contributed by atoms with van der Waals surface area (Å²) in [6.07, 6.45) is 0. The van der Waals surface area contributed by atoms with Gasteiger partial charge in [0.25, 0.3) is 0 Å². The summed E-state index contributed by atoms with van der Waals surface area (Å²) < 4.78 is 32.2. The first kappa shape index (κ1) is 18.0. The smallest absolute Gasteiger partial charge is 0.214 e. The number of benzene rings is 1. The molecule has 0 saturated carbocycles. The summed E-state index contributed by atoms with van der Waals surface area (Å²) in [4.78, 5) is 1.04. The number of sulfonamides is 1. The summed E-state index contributed by atoms with van der Waals surface area (Å²) in [5, 5.41) is 1.97. The van der Waals surface area contributed by atoms with Gasteiger partial charge in [-0.1, -0.05) is 32.0 Å². The third kappa shape index (κ3) is 5.34. The van der Waals surface area contributed by atoms with Gasteiger partial charge in [0.05, 0.1) is 12.9 Å². The highest BCUT2D eigenvalue weighted by molar-refractivity contribution is 7.89. The Hall–Kier alpha value is -1.37. The Balaban J connectivity index is 2.25. The lowest BCUT2D eigenvalue weighted by molar-refractivity contribution is 0.394. The maximum absolute atomic E-state index is 12.7. The maximum Gasteiger partial charge on any atom is 0.214 e. The normalized spacial score (nSPS) is 12.0. The molecule has 0 radical (unpaired) electrons. The van der Waals surface area contributed by atoms with E-state index in [1.54, 1.807) is 22.8 Å². The average molecular weight is 354 g/mol. The zero-order valence-electron chi connectivity index (χ0n) is 13.7. The van der Waals surface area contributed by atoms with E-state index in [-0.39, 0.29) is 11.7 Å². The van der Waals surface area contributed by atoms with Crippen LogP contribution in [0.2, 0.25) is 0 Å². The van der Waals surface area contributed by atoms with E-state index < -0.39 is 10.0 Å². The van der Waals surface area contributed by atoms with Crippen LogP contribution in [-0.4, -0.2) is 25.6 Å². The first-order chi connectivity index (χ1) is 10.9. The van der Waals surface area contributed by atoms with Crippen molar-refractivity contribution in [3.05, 3.63) is 52.2 Å². The van der Waals surface area contributed by atoms with Gasteiger partial charge in [-0.2, -0.15) is 4.31 Å². The van der Waals surface area contributed by atoms with Gasteiger partial charge >= 0.3 is 0 Å². The molecular weight excluding hydrogens is 330 g/mol. The minimum Gasteiger partial charge on any atom is -0.497 e. The van der Waals surface area contributed by atoms with Gasteiger partial charge in [-0.15, -0.1) is 11.3 Å². The Bertz CT molecular complexity index is 709. The highest BCUT2D eigenvalue weighted by atomic mass is 32.2. The number of hydrogen-bond donors (Lipinski definition) is 0. The Morgan fingerprint density at radius 1 is 1.17 bits per heavy atom. The number of nitrogens with zero attached hydrogens (tertiary/aromatic N) is 1. The van der Waals surface area contributed by atoms with Gasteiger partial charge in [0.1, 0.15) is 5.75 Å². The monoisotopic (exact) mass is 353 g/mol. The molecule has 0 fully saturated rings. The molecule has 1 heterocycles. The van der Waals surface area contributed by atoms with Gasteiger partial charge in [-0.3, -0.25) is 0 Å². The van der Waals surface area contributed by atoms with Crippen molar-refractivity contribution in [2.45, 2.75) is 26.9 Å². The van der Waals surface area contributed by atoms with Gasteiger partial charge in [0.2, 0.25) is 10.0 Å². The van der Waals surface area contributed by atoms with Gasteiger partial charge in [-0.25, -0.2) is 8.42 Å². The fourth-order valence-electron chi connectivity index (χ4n) is 2.33. The molecule has 0 spiro atoms. The summed E-state index contributed by atoms with van der Waals surface area (Å²) in [7, 11) is -1.71. The second-order valence-corrected chi connectivity index (χ2v) is 8.92. The molecule has 2 rings (SSSR count). The van der Waals surface area contributed by atoms with Crippen LogP contribution in [-0.2, 0) is 23.1 Å². The lowest BCUT2D eigenvalue weighted by Crippen LogP contribution is -2.33. The van der Waals surface area contributed by atoms with Crippen LogP contribution in [0.4, 0.5) is 0 Å². The van der Waals surface area contributed by atoms with Crippen LogP contribution in [0.1, 0.15) is 24.3 Å². The van der Waals surface area contributed by atoms with Gasteiger partial charge in [0, 0.05) is 18.0 Å². The van der Waals surface area contributed by atoms with E-state index >= 15 is 0 Å². The SMILES string of the molecule is COc1cccc(CN(Cc2cccs2)S(=O)(=O)CC(C)C)c1. The number of rotatable bonds is 8. The van der Waals surface area contributed by atoms with Crippen molar-refractivity contribution in [1.29, 1.82) is 0 Å². The molecule has 0 atom stereocenters. The summed E-state index contributed by atoms with van der Waals surface area (Å²) in [6, 6.07) is 11.5. The molecule has 0 saturated heterocycles. The van der Waals surface area contributed by atoms with Crippen LogP contribution in [0.25, 0.3) is 0 Å². The van der Waals surface area contributed by atoms with Crippen molar-refractivity contribution in [2.75, 3.05) is 12.9 Å². The molecule has 23 heavy (non-hydrogen) atoms. The molecule has 0 bridgehead atoms. The Kier molecular flexibility index (Phi) is 6.21. The highest BCUT2D eigenvalue weighted by Gasteiger charge is 2.24. The lowest BCUT2D eigenvalue weighted by Gasteiger charge is -2.23. The van der Waals surface area contributed by atoms with Crippen molar-refractivity contribution >= 4 is 21.4 Å². The van der Waals surface area contributed by atoms with Crippen molar-refractivity contribution in [1.82, 2.24) is 4.31 Å². The summed E-state index contributed by atoms with van der Waals surface area (Å²) in [5.74, 6) is 0.985. The quantitative estimate of drug-likeness (QED) is 0.726. The molecular formula is C17H23NO3S2. The molecule has 0 aliphatic rings. The molecule has 126 valence electrons. The third-order valence-corrected chi connectivity index (χ3v) is 6.34. The van der Waals surface area contributed by atoms with E-state index in [0.29, 0.717) is 13.1 Å². The van der Waals surface area contributed by atoms with Gasteiger partial charge < -0.3 is 4.74 Å². The topological polar surface area (TPSA) is 46.6 Å². The molecule has 0 N–H and O–H groups in total. The van der Waals surface area contributed by atoms with Crippen molar-refractivity contribution in [2.24, 2.45) is 5.92 Å². The predicted molar refractivity (Wildman–Crippen MR) is 95.2 cm³/mol. The van der Waals surface area contributed by atoms with Crippen LogP contribution in [0.5, 0.6) is 5.75 Å². The van der Waals surface area contributed by atoms with Crippen molar-refractivity contribution in [3.8, 4) is 5.75 Å². The van der Waals surface area contributed by atoms with Gasteiger partial charge in [0.15, 0.2) is 0 Å². The Morgan fingerprint density at radius 3 is 2.57 bits per heavy atom. The van der Waals surface area contributed by atoms with Crippen LogP contribution >= 0.6 is 11.3 Å². The summed E-state index contributed by atoms with van der Waals surface area (Å²) in [5.41, 5.74) is 0.924. The first-order valence-corrected chi connectivity index (χ1v) is 10.0. The Labute approximate surface area is 142 Å². The summed E-state index contributed by atoms with van der Waals surface area (Å²) in [6.45, 7) is 4.60. The molecule has 4 nitrogen and oxygen atoms in total. The van der Waals surface area contributed by atoms with E-state index in [1.807, 2.05) is 55.6 Å². The molecule has 1 aromatic carbocycles. The molecule has 0 aliphatic heterocycles. The predicted octanol–water partition coefficient (Wildman–Crippen LogP) is 3.74. The fraction of sp³-hybridized carbons (Fsp3) is 0.412. The molecule has 2 aromatic rings. The van der Waals surface area contributed by atoms with Gasteiger partial charge in [-0.05, 0) is 35.1 Å². The lowest BCUT2D eigenvalue weighted by atomic mass is 10.2. The minimum absolute atomic E-state index is 0.0937. The van der Waals surface area contributed by atoms with Crippen molar-refractivity contribution < 1.29 is 13.2 Å². The highest BCUT2D eigenvalue weighted by Crippen LogP contribution is 2.21. The molecule has 0 amide bonds. The maximum atomic E-state index is 12.7. The first-order valence-electron chi connectivity index (χ1n) is 7.54. The van der Waals surface area contributed by atoms with Crippen LogP contribution in [0.15, 0.2) is 41.8 Å². The van der Waals surface area contributed by atoms with Crippen molar-refractivity contribution in [3.63, 3.8) is 0 Å². The van der Waals surface area contributed by atoms with E-state index in [4.69, 9.17) is 4.74 Å². The molecule has 1 aromatic heterocycles. The minimum atomic E-state index is -3.32. The largest absolute Gasteiger partial charge is 0.497 e. The molecule has 0 aliphatic carbocycles. The van der Waals surface area contributed by atoms with E-state index in [1.165, 1.54) is 0 Å². The third-order valence-electron chi connectivity index (χ3n) is 3.34. The second-order valence-electron chi connectivity index (χ2n) is 5.87. The van der Waals surface area contributed by atoms with Crippen LogP contribution in [0, 0.1) is 5.92 Å². The number of ether oxygens (including phenoxy) is 1. The molecule has 6 heteroatoms. The number of methoxy groups -OCH3 is 1. The summed E-state index contributed by atoms with van der Waals surface area (Å²) >= 11 is 1.57. The second kappa shape index (κ2) is 7.95. The van der Waals surface area contributed by atoms with Crippen LogP contribution < -0.4 is 4.74 Å². The van der Waals surface area contributed by atoms with E-state index in [2.05, 4.69) is 0 Å². The Morgan fingerprint density at radius 2 is 1.96 bits per heavy atom. The zero-order chi connectivity index (χ0) is 16.9. The van der Waals surface area contributed by atoms with E-state index in [9.17, 15) is 8.42 Å². The fourth-order valence-corrected chi connectivity index (χ4v) is 4.87. The van der Waals surface area contributed by atoms with Crippen LogP contribution in [0.3, 0.4) is 0 Å². The number of hydrogen-bond acceptors (Lipinski definition) is 4. The average Bonchev–Trinajstić information content (AvgIpc) is 2.98. The zero-order valence-corrected chi connectivity index (χ0v) is 15.4. The molecule has 0 unspecified atom stereocenters. The van der Waals surface area contributed by atoms with E-state index in [0.717, 1.165) is 16.2 Å².